The molecule has 2 amide bonds. The van der Waals surface area contributed by atoms with Gasteiger partial charge in [-0.05, 0) is 61.7 Å². The predicted octanol–water partition coefficient (Wildman–Crippen LogP) is 1.62. The lowest BCUT2D eigenvalue weighted by Gasteiger charge is -2.18. The van der Waals surface area contributed by atoms with Gasteiger partial charge < -0.3 is 15.5 Å². The van der Waals surface area contributed by atoms with Gasteiger partial charge in [0.25, 0.3) is 0 Å². The van der Waals surface area contributed by atoms with Gasteiger partial charge in [-0.3, -0.25) is 9.59 Å². The van der Waals surface area contributed by atoms with E-state index in [4.69, 9.17) is 0 Å². The number of amides is 2. The van der Waals surface area contributed by atoms with E-state index in [1.165, 1.54) is 38.1 Å². The lowest BCUT2D eigenvalue weighted by molar-refractivity contribution is -0.122. The Kier molecular flexibility index (Phi) is 7.24. The first-order valence-corrected chi connectivity index (χ1v) is 11.6. The van der Waals surface area contributed by atoms with Crippen molar-refractivity contribution in [1.82, 2.24) is 15.0 Å². The molecule has 166 valence electrons. The normalized spacial score (nSPS) is 14.8. The number of nitrogens with one attached hydrogen (secondary N) is 3. The molecule has 1 aliphatic rings. The molecule has 1 fully saturated rings. The Hall–Kier alpha value is -2.98. The van der Waals surface area contributed by atoms with E-state index in [1.807, 2.05) is 12.1 Å². The number of benzene rings is 1. The van der Waals surface area contributed by atoms with Gasteiger partial charge in [0.15, 0.2) is 0 Å². The van der Waals surface area contributed by atoms with Gasteiger partial charge >= 0.3 is 0 Å². The molecule has 3 N–H and O–H groups in total. The number of hydrogen-bond donors (Lipinski definition) is 3. The second kappa shape index (κ2) is 9.88. The highest BCUT2D eigenvalue weighted by Gasteiger charge is 2.22. The summed E-state index contributed by atoms with van der Waals surface area (Å²) in [6.07, 6.45) is 4.01. The van der Waals surface area contributed by atoms with E-state index in [9.17, 15) is 18.0 Å². The van der Waals surface area contributed by atoms with Crippen molar-refractivity contribution in [2.75, 3.05) is 23.3 Å². The number of carbonyl (C=O) groups excluding carboxylic acids is 2. The molecular weight excluding hydrogens is 418 g/mol. The molecule has 0 saturated carbocycles. The average molecular weight is 446 g/mol. The Morgan fingerprint density at radius 3 is 2.45 bits per heavy atom. The van der Waals surface area contributed by atoms with Crippen molar-refractivity contribution in [2.24, 2.45) is 0 Å². The quantitative estimate of drug-likeness (QED) is 0.568. The van der Waals surface area contributed by atoms with E-state index in [-0.39, 0.29) is 17.3 Å². The summed E-state index contributed by atoms with van der Waals surface area (Å²) in [5.74, 6) is 0.208. The van der Waals surface area contributed by atoms with Crippen molar-refractivity contribution in [3.8, 4) is 0 Å². The molecule has 9 nitrogen and oxygen atoms in total. The van der Waals surface area contributed by atoms with Crippen LogP contribution in [0.4, 0.5) is 11.5 Å². The van der Waals surface area contributed by atoms with Crippen LogP contribution in [-0.2, 0) is 26.2 Å². The van der Waals surface area contributed by atoms with Gasteiger partial charge in [0.05, 0.1) is 10.9 Å². The lowest BCUT2D eigenvalue weighted by Crippen LogP contribution is -2.44. The second-order valence-electron chi connectivity index (χ2n) is 7.48. The highest BCUT2D eigenvalue weighted by molar-refractivity contribution is 7.89. The third kappa shape index (κ3) is 6.25. The molecule has 1 saturated heterocycles. The fourth-order valence-corrected chi connectivity index (χ4v) is 4.51. The largest absolute Gasteiger partial charge is 0.357 e. The van der Waals surface area contributed by atoms with Crippen LogP contribution >= 0.6 is 0 Å². The maximum Gasteiger partial charge on any atom is 0.241 e. The van der Waals surface area contributed by atoms with E-state index in [2.05, 4.69) is 25.2 Å². The molecule has 31 heavy (non-hydrogen) atoms. The lowest BCUT2D eigenvalue weighted by atomic mass is 10.2. The van der Waals surface area contributed by atoms with Gasteiger partial charge in [-0.2, -0.15) is 4.72 Å². The monoisotopic (exact) mass is 445 g/mol. The van der Waals surface area contributed by atoms with Gasteiger partial charge in [0.1, 0.15) is 5.82 Å². The van der Waals surface area contributed by atoms with Crippen LogP contribution in [0, 0.1) is 0 Å². The highest BCUT2D eigenvalue weighted by atomic mass is 32.2. The summed E-state index contributed by atoms with van der Waals surface area (Å²) < 4.78 is 27.5. The van der Waals surface area contributed by atoms with E-state index >= 15 is 0 Å². The van der Waals surface area contributed by atoms with Crippen LogP contribution in [0.2, 0.25) is 0 Å². The summed E-state index contributed by atoms with van der Waals surface area (Å²) in [6.45, 7) is 5.09. The predicted molar refractivity (Wildman–Crippen MR) is 118 cm³/mol. The van der Waals surface area contributed by atoms with Crippen LogP contribution < -0.4 is 20.3 Å². The summed E-state index contributed by atoms with van der Waals surface area (Å²) in [5, 5.41) is 5.33. The van der Waals surface area contributed by atoms with Gasteiger partial charge in [-0.15, -0.1) is 0 Å². The number of rotatable bonds is 8. The second-order valence-corrected chi connectivity index (χ2v) is 9.20. The average Bonchev–Trinajstić information content (AvgIpc) is 3.27. The van der Waals surface area contributed by atoms with Crippen LogP contribution in [0.25, 0.3) is 0 Å². The van der Waals surface area contributed by atoms with Gasteiger partial charge in [0, 0.05) is 38.4 Å². The molecule has 1 aromatic heterocycles. The van der Waals surface area contributed by atoms with Crippen molar-refractivity contribution in [1.29, 1.82) is 0 Å². The first kappa shape index (κ1) is 22.7. The number of carbonyl (C=O) groups is 2. The molecule has 0 bridgehead atoms. The van der Waals surface area contributed by atoms with Gasteiger partial charge in [0.2, 0.25) is 21.8 Å². The Morgan fingerprint density at radius 1 is 1.13 bits per heavy atom. The number of pyridine rings is 1. The molecule has 3 rings (SSSR count). The molecule has 1 atom stereocenters. The van der Waals surface area contributed by atoms with Crippen molar-refractivity contribution >= 4 is 33.3 Å². The fraction of sp³-hybridized carbons (Fsp3) is 0.381. The SMILES string of the molecule is CC(=O)Nc1ccc(S(=O)(=O)N[C@@H](C)C(=O)NCc2ccnc(N3CCCC3)c2)cc1. The standard InChI is InChI=1S/C21H27N5O4S/c1-15(25-31(29,30)19-7-5-18(6-8-19)24-16(2)27)21(28)23-14-17-9-10-22-20(13-17)26-11-3-4-12-26/h5-10,13,15,25H,3-4,11-12,14H2,1-2H3,(H,23,28)(H,24,27)/t15-/m0/s1. The molecule has 1 aromatic carbocycles. The minimum absolute atomic E-state index is 0.00522. The molecule has 2 heterocycles. The first-order valence-electron chi connectivity index (χ1n) is 10.1. The molecule has 0 radical (unpaired) electrons. The minimum atomic E-state index is -3.89. The summed E-state index contributed by atoms with van der Waals surface area (Å²) in [6, 6.07) is 8.52. The Balaban J connectivity index is 1.56. The maximum atomic E-state index is 12.6. The highest BCUT2D eigenvalue weighted by Crippen LogP contribution is 2.18. The molecule has 10 heteroatoms. The molecule has 0 spiro atoms. The van der Waals surface area contributed by atoms with Crippen LogP contribution in [-0.4, -0.2) is 44.3 Å². The Labute approximate surface area is 182 Å². The summed E-state index contributed by atoms with van der Waals surface area (Å²) in [7, 11) is -3.89. The third-order valence-corrected chi connectivity index (χ3v) is 6.47. The first-order chi connectivity index (χ1) is 14.7. The van der Waals surface area contributed by atoms with Gasteiger partial charge in [-0.25, -0.2) is 13.4 Å². The number of sulfonamides is 1. The number of nitrogens with zero attached hydrogens (tertiary/aromatic N) is 2. The fourth-order valence-electron chi connectivity index (χ4n) is 3.31. The summed E-state index contributed by atoms with van der Waals surface area (Å²) in [4.78, 5) is 30.1. The molecule has 1 aliphatic heterocycles. The van der Waals surface area contributed by atoms with Crippen LogP contribution in [0.1, 0.15) is 32.3 Å². The number of hydrogen-bond acceptors (Lipinski definition) is 6. The van der Waals surface area contributed by atoms with Crippen LogP contribution in [0.3, 0.4) is 0 Å². The summed E-state index contributed by atoms with van der Waals surface area (Å²) in [5.41, 5.74) is 1.39. The smallest absolute Gasteiger partial charge is 0.241 e. The zero-order chi connectivity index (χ0) is 22.4. The zero-order valence-corrected chi connectivity index (χ0v) is 18.4. The van der Waals surface area contributed by atoms with E-state index in [1.54, 1.807) is 6.20 Å². The van der Waals surface area contributed by atoms with E-state index < -0.39 is 22.0 Å². The van der Waals surface area contributed by atoms with Gasteiger partial charge in [-0.1, -0.05) is 0 Å². The maximum absolute atomic E-state index is 12.6. The third-order valence-electron chi connectivity index (χ3n) is 4.92. The van der Waals surface area contributed by atoms with Crippen molar-refractivity contribution in [3.63, 3.8) is 0 Å². The zero-order valence-electron chi connectivity index (χ0n) is 17.6. The molecule has 0 aliphatic carbocycles. The number of anilines is 2. The summed E-state index contributed by atoms with van der Waals surface area (Å²) >= 11 is 0. The van der Waals surface area contributed by atoms with Crippen molar-refractivity contribution in [2.45, 2.75) is 44.2 Å². The Morgan fingerprint density at radius 2 is 1.81 bits per heavy atom. The number of aromatic nitrogens is 1. The van der Waals surface area contributed by atoms with Crippen molar-refractivity contribution < 1.29 is 18.0 Å². The van der Waals surface area contributed by atoms with Crippen LogP contribution in [0.15, 0.2) is 47.5 Å². The topological polar surface area (TPSA) is 120 Å². The molecule has 2 aromatic rings. The van der Waals surface area contributed by atoms with E-state index in [0.717, 1.165) is 37.3 Å². The Bertz CT molecular complexity index is 1030. The molecule has 0 unspecified atom stereocenters. The van der Waals surface area contributed by atoms with Crippen molar-refractivity contribution in [3.05, 3.63) is 48.2 Å². The van der Waals surface area contributed by atoms with E-state index in [0.29, 0.717) is 5.69 Å². The van der Waals surface area contributed by atoms with Crippen LogP contribution in [0.5, 0.6) is 0 Å². The molecular formula is C21H27N5O4S. The minimum Gasteiger partial charge on any atom is -0.357 e.